The normalized spacial score (nSPS) is 20.7. The van der Waals surface area contributed by atoms with Crippen molar-refractivity contribution in [2.75, 3.05) is 68.7 Å². The zero-order valence-corrected chi connectivity index (χ0v) is 30.1. The highest BCUT2D eigenvalue weighted by Gasteiger charge is 2.41. The molecule has 278 valence electrons. The summed E-state index contributed by atoms with van der Waals surface area (Å²) < 4.78 is 45.6. The van der Waals surface area contributed by atoms with Gasteiger partial charge in [0.05, 0.1) is 54.2 Å². The second-order valence-electron chi connectivity index (χ2n) is 14.0. The second-order valence-corrected chi connectivity index (χ2v) is 14.0. The van der Waals surface area contributed by atoms with E-state index in [0.717, 1.165) is 11.2 Å². The third kappa shape index (κ3) is 5.94. The van der Waals surface area contributed by atoms with Gasteiger partial charge in [-0.3, -0.25) is 4.79 Å². The molecule has 1 N–H and O–H groups in total. The molecular weight excluding hydrogens is 696 g/mol. The molecule has 3 aliphatic rings. The van der Waals surface area contributed by atoms with Crippen LogP contribution in [0.3, 0.4) is 0 Å². The van der Waals surface area contributed by atoms with E-state index in [0.29, 0.717) is 91.1 Å². The van der Waals surface area contributed by atoms with Gasteiger partial charge in [0.15, 0.2) is 11.5 Å². The summed E-state index contributed by atoms with van der Waals surface area (Å²) >= 11 is 0. The molecule has 2 fully saturated rings. The number of likely N-dealkylation sites (N-methyl/N-ethyl adjacent to an activating group) is 1. The van der Waals surface area contributed by atoms with Crippen LogP contribution in [0, 0.1) is 18.6 Å². The lowest BCUT2D eigenvalue weighted by Crippen LogP contribution is -2.47. The van der Waals surface area contributed by atoms with E-state index in [1.807, 2.05) is 40.7 Å². The average molecular weight is 736 g/mol. The Balaban J connectivity index is 1.09. The molecule has 3 aliphatic heterocycles. The quantitative estimate of drug-likeness (QED) is 0.280. The maximum absolute atomic E-state index is 15.7. The van der Waals surface area contributed by atoms with Gasteiger partial charge < -0.3 is 34.1 Å². The first-order valence-corrected chi connectivity index (χ1v) is 18.0. The topological polar surface area (TPSA) is 132 Å². The number of amides is 1. The van der Waals surface area contributed by atoms with Crippen LogP contribution in [0.4, 0.5) is 26.1 Å². The predicted molar refractivity (Wildman–Crippen MR) is 199 cm³/mol. The van der Waals surface area contributed by atoms with E-state index >= 15 is 8.78 Å². The summed E-state index contributed by atoms with van der Waals surface area (Å²) in [5, 5.41) is 8.69. The molecule has 0 saturated carbocycles. The van der Waals surface area contributed by atoms with Gasteiger partial charge in [-0.05, 0) is 49.7 Å². The molecule has 0 aliphatic carbocycles. The lowest BCUT2D eigenvalue weighted by Gasteiger charge is -2.30. The molecule has 4 aromatic heterocycles. The van der Waals surface area contributed by atoms with E-state index in [2.05, 4.69) is 30.3 Å². The highest BCUT2D eigenvalue weighted by atomic mass is 19.1. The molecule has 9 rings (SSSR count). The van der Waals surface area contributed by atoms with Gasteiger partial charge in [0.2, 0.25) is 5.91 Å². The molecule has 0 unspecified atom stereocenters. The zero-order chi connectivity index (χ0) is 37.1. The van der Waals surface area contributed by atoms with Crippen molar-refractivity contribution in [2.45, 2.75) is 38.1 Å². The highest BCUT2D eigenvalue weighted by Crippen LogP contribution is 2.35. The second kappa shape index (κ2) is 13.6. The fourth-order valence-corrected chi connectivity index (χ4v) is 8.03. The first-order chi connectivity index (χ1) is 26.2. The Morgan fingerprint density at radius 2 is 1.85 bits per heavy atom. The van der Waals surface area contributed by atoms with Gasteiger partial charge in [0.25, 0.3) is 0 Å². The summed E-state index contributed by atoms with van der Waals surface area (Å²) in [6, 6.07) is 12.8. The Labute approximate surface area is 309 Å². The van der Waals surface area contributed by atoms with Crippen LogP contribution in [-0.4, -0.2) is 117 Å². The van der Waals surface area contributed by atoms with E-state index < -0.39 is 23.8 Å². The number of benzene rings is 2. The molecule has 0 spiro atoms. The molecule has 4 bridgehead atoms. The van der Waals surface area contributed by atoms with Gasteiger partial charge in [0, 0.05) is 63.7 Å². The number of pyridine rings is 1. The summed E-state index contributed by atoms with van der Waals surface area (Å²) in [4.78, 5) is 39.0. The van der Waals surface area contributed by atoms with Crippen molar-refractivity contribution in [1.82, 2.24) is 39.2 Å². The third-order valence-corrected chi connectivity index (χ3v) is 10.7. The van der Waals surface area contributed by atoms with Crippen LogP contribution in [-0.2, 0) is 20.8 Å². The Bertz CT molecular complexity index is 2390. The number of fused-ring (bicyclic) bond motifs is 6. The number of hydrogen-bond acceptors (Lipinski definition) is 11. The number of hydrogen-bond donors (Lipinski definition) is 1. The smallest absolute Gasteiger partial charge is 0.245 e. The van der Waals surface area contributed by atoms with Gasteiger partial charge in [-0.1, -0.05) is 6.07 Å². The highest BCUT2D eigenvalue weighted by molar-refractivity contribution is 5.94. The molecule has 54 heavy (non-hydrogen) atoms. The number of halogens is 2. The Morgan fingerprint density at radius 1 is 1.00 bits per heavy atom. The van der Waals surface area contributed by atoms with Crippen molar-refractivity contribution in [3.05, 3.63) is 78.5 Å². The average Bonchev–Trinajstić information content (AvgIpc) is 3.89. The number of morpholine rings is 1. The van der Waals surface area contributed by atoms with Gasteiger partial charge in [-0.15, -0.1) is 0 Å². The number of aromatic nitrogens is 7. The number of methoxy groups -OCH3 is 1. The van der Waals surface area contributed by atoms with Crippen LogP contribution in [0.15, 0.2) is 61.1 Å². The first-order valence-electron chi connectivity index (χ1n) is 18.0. The molecule has 0 radical (unpaired) electrons. The largest absolute Gasteiger partial charge is 0.378 e. The predicted octanol–water partition coefficient (Wildman–Crippen LogP) is 4.20. The third-order valence-electron chi connectivity index (χ3n) is 10.7. The van der Waals surface area contributed by atoms with Gasteiger partial charge >= 0.3 is 0 Å². The molecule has 1 amide bonds. The van der Waals surface area contributed by atoms with Crippen LogP contribution in [0.2, 0.25) is 0 Å². The monoisotopic (exact) mass is 735 g/mol. The van der Waals surface area contributed by atoms with Crippen molar-refractivity contribution in [1.29, 1.82) is 0 Å². The molecule has 2 aromatic carbocycles. The molecule has 2 saturated heterocycles. The van der Waals surface area contributed by atoms with Crippen LogP contribution in [0.1, 0.15) is 12.2 Å². The number of carbonyl (C=O) groups excluding carboxylic acids is 1. The molecule has 16 heteroatoms. The van der Waals surface area contributed by atoms with Crippen LogP contribution < -0.4 is 15.1 Å². The SMILES string of the molecule is CO[C@H]1CN(C)C(=O)[C@@H]2C[C@@H](CN2c2ncnc3c2cnn3-c2ccc(N3CCOCC3)cc2F)Nc2cccc(n2)-c2cc(F)cc3nc(C)n(c23)C1. The lowest BCUT2D eigenvalue weighted by molar-refractivity contribution is -0.132. The summed E-state index contributed by atoms with van der Waals surface area (Å²) in [7, 11) is 3.39. The standard InChI is InChI=1S/C38H39F2N11O3/c1-22-44-31-14-23(39)13-27-30-5-4-6-34(46-30)45-24-15-33(38(52)47(2)19-26(53-3)20-49(22)35(27)31)50(18-24)36-28-17-43-51(37(28)42-21-41-36)32-8-7-25(16-29(32)40)48-9-11-54-12-10-48/h4-8,13-14,16-17,21,24,26,33H,9-12,15,18-20H2,1-3H3,(H,45,46)/t24-,26-,33-/m0/s1. The Kier molecular flexibility index (Phi) is 8.57. The maximum atomic E-state index is 15.7. The summed E-state index contributed by atoms with van der Waals surface area (Å²) in [5.74, 6) is 0.835. The molecular formula is C38H39F2N11O3. The van der Waals surface area contributed by atoms with E-state index in [4.69, 9.17) is 14.5 Å². The van der Waals surface area contributed by atoms with Gasteiger partial charge in [-0.25, -0.2) is 33.4 Å². The van der Waals surface area contributed by atoms with Gasteiger partial charge in [-0.2, -0.15) is 5.10 Å². The number of ether oxygens (including phenoxy) is 2. The van der Waals surface area contributed by atoms with Crippen LogP contribution in [0.5, 0.6) is 0 Å². The molecule has 7 heterocycles. The van der Waals surface area contributed by atoms with E-state index in [1.165, 1.54) is 29.2 Å². The summed E-state index contributed by atoms with van der Waals surface area (Å²) in [5.41, 5.74) is 3.92. The zero-order valence-electron chi connectivity index (χ0n) is 30.1. The van der Waals surface area contributed by atoms with Crippen molar-refractivity contribution in [3.8, 4) is 16.9 Å². The van der Waals surface area contributed by atoms with E-state index in [9.17, 15) is 4.79 Å². The maximum Gasteiger partial charge on any atom is 0.245 e. The first kappa shape index (κ1) is 34.1. The van der Waals surface area contributed by atoms with Crippen LogP contribution >= 0.6 is 0 Å². The van der Waals surface area contributed by atoms with E-state index in [-0.39, 0.29) is 24.2 Å². The number of imidazole rings is 1. The summed E-state index contributed by atoms with van der Waals surface area (Å²) in [6.45, 7) is 5.51. The number of aryl methyl sites for hydroxylation is 1. The van der Waals surface area contributed by atoms with Crippen molar-refractivity contribution >= 4 is 45.3 Å². The number of anilines is 3. The molecule has 6 aromatic rings. The number of nitrogens with one attached hydrogen (secondary N) is 1. The van der Waals surface area contributed by atoms with E-state index in [1.54, 1.807) is 31.3 Å². The molecule has 14 nitrogen and oxygen atoms in total. The molecule has 3 atom stereocenters. The van der Waals surface area contributed by atoms with Gasteiger partial charge in [0.1, 0.15) is 41.3 Å². The fourth-order valence-electron chi connectivity index (χ4n) is 8.03. The number of carbonyl (C=O) groups is 1. The Hall–Kier alpha value is -5.74. The fraction of sp³-hybridized carbons (Fsp3) is 0.368. The minimum atomic E-state index is -0.614. The van der Waals surface area contributed by atoms with Crippen LogP contribution in [0.25, 0.3) is 39.0 Å². The lowest BCUT2D eigenvalue weighted by atomic mass is 10.1. The minimum Gasteiger partial charge on any atom is -0.378 e. The number of rotatable bonds is 4. The van der Waals surface area contributed by atoms with Crippen molar-refractivity contribution in [3.63, 3.8) is 0 Å². The van der Waals surface area contributed by atoms with Crippen molar-refractivity contribution in [2.24, 2.45) is 0 Å². The summed E-state index contributed by atoms with van der Waals surface area (Å²) in [6.07, 6.45) is 3.08. The minimum absolute atomic E-state index is 0.114. The Morgan fingerprint density at radius 3 is 2.67 bits per heavy atom. The van der Waals surface area contributed by atoms with Crippen molar-refractivity contribution < 1.29 is 23.0 Å². The number of nitrogens with zero attached hydrogens (tertiary/aromatic N) is 10.